The molecule has 1 N–H and O–H groups in total. The van der Waals surface area contributed by atoms with Crippen molar-refractivity contribution in [3.05, 3.63) is 77.1 Å². The molecule has 1 aliphatic heterocycles. The maximum Gasteiger partial charge on any atom is 0.251 e. The lowest BCUT2D eigenvalue weighted by molar-refractivity contribution is -0.117. The van der Waals surface area contributed by atoms with Crippen LogP contribution in [0.5, 0.6) is 0 Å². The summed E-state index contributed by atoms with van der Waals surface area (Å²) in [7, 11) is 0. The lowest BCUT2D eigenvalue weighted by atomic mass is 10.1. The molecule has 2 heterocycles. The number of amides is 2. The second-order valence-corrected chi connectivity index (χ2v) is 7.38. The number of carbonyl (C=O) groups is 2. The van der Waals surface area contributed by atoms with E-state index < -0.39 is 0 Å². The number of anilines is 1. The second-order valence-electron chi connectivity index (χ2n) is 7.38. The summed E-state index contributed by atoms with van der Waals surface area (Å²) in [6.45, 7) is 5.18. The van der Waals surface area contributed by atoms with Crippen molar-refractivity contribution in [1.29, 1.82) is 0 Å². The number of carbonyl (C=O) groups excluding carboxylic acids is 2. The van der Waals surface area contributed by atoms with Gasteiger partial charge in [-0.1, -0.05) is 12.1 Å². The fourth-order valence-corrected chi connectivity index (χ4v) is 3.64. The van der Waals surface area contributed by atoms with Crippen LogP contribution >= 0.6 is 0 Å². The monoisotopic (exact) mass is 388 g/mol. The molecule has 0 unspecified atom stereocenters. The summed E-state index contributed by atoms with van der Waals surface area (Å²) in [5.41, 5.74) is 5.47. The summed E-state index contributed by atoms with van der Waals surface area (Å²) >= 11 is 0. The van der Waals surface area contributed by atoms with Gasteiger partial charge in [-0.05, 0) is 68.3 Å². The van der Waals surface area contributed by atoms with Gasteiger partial charge in [-0.2, -0.15) is 5.10 Å². The van der Waals surface area contributed by atoms with Gasteiger partial charge in [-0.3, -0.25) is 9.59 Å². The van der Waals surface area contributed by atoms with E-state index in [1.165, 1.54) is 0 Å². The molecule has 0 bridgehead atoms. The summed E-state index contributed by atoms with van der Waals surface area (Å²) in [4.78, 5) is 26.1. The third kappa shape index (κ3) is 4.06. The van der Waals surface area contributed by atoms with Gasteiger partial charge in [0.25, 0.3) is 5.91 Å². The predicted molar refractivity (Wildman–Crippen MR) is 112 cm³/mol. The maximum atomic E-state index is 12.5. The SMILES string of the molecule is Cc1cc(C)n(-c2ccc(C(=O)NCc3ccc(N4CCCC4=O)cc3)cc2)n1. The van der Waals surface area contributed by atoms with Crippen LogP contribution in [0.4, 0.5) is 5.69 Å². The number of nitrogens with zero attached hydrogens (tertiary/aromatic N) is 3. The van der Waals surface area contributed by atoms with Crippen LogP contribution in [0.25, 0.3) is 5.69 Å². The minimum atomic E-state index is -0.122. The average molecular weight is 388 g/mol. The molecule has 0 aliphatic carbocycles. The minimum Gasteiger partial charge on any atom is -0.348 e. The highest BCUT2D eigenvalue weighted by atomic mass is 16.2. The number of hydrogen-bond acceptors (Lipinski definition) is 3. The van der Waals surface area contributed by atoms with Crippen molar-refractivity contribution in [2.75, 3.05) is 11.4 Å². The van der Waals surface area contributed by atoms with Crippen LogP contribution in [0.3, 0.4) is 0 Å². The first kappa shape index (κ1) is 18.9. The van der Waals surface area contributed by atoms with Crippen molar-refractivity contribution in [1.82, 2.24) is 15.1 Å². The number of hydrogen-bond donors (Lipinski definition) is 1. The van der Waals surface area contributed by atoms with Crippen molar-refractivity contribution in [3.63, 3.8) is 0 Å². The van der Waals surface area contributed by atoms with Gasteiger partial charge in [-0.25, -0.2) is 4.68 Å². The number of benzene rings is 2. The smallest absolute Gasteiger partial charge is 0.251 e. The first-order chi connectivity index (χ1) is 14.0. The Morgan fingerprint density at radius 1 is 1.03 bits per heavy atom. The standard InChI is InChI=1S/C23H24N4O2/c1-16-14-17(2)27(25-16)21-11-7-19(8-12-21)23(29)24-15-18-5-9-20(10-6-18)26-13-3-4-22(26)28/h5-12,14H,3-4,13,15H2,1-2H3,(H,24,29). The second kappa shape index (κ2) is 7.91. The molecule has 0 saturated carbocycles. The highest BCUT2D eigenvalue weighted by Gasteiger charge is 2.21. The molecule has 4 rings (SSSR count). The Kier molecular flexibility index (Phi) is 5.16. The number of rotatable bonds is 5. The Balaban J connectivity index is 1.37. The molecular formula is C23H24N4O2. The van der Waals surface area contributed by atoms with Gasteiger partial charge in [0.1, 0.15) is 0 Å². The number of aromatic nitrogens is 2. The normalized spacial score (nSPS) is 13.7. The van der Waals surface area contributed by atoms with Crippen molar-refractivity contribution in [2.24, 2.45) is 0 Å². The largest absolute Gasteiger partial charge is 0.348 e. The first-order valence-corrected chi connectivity index (χ1v) is 9.82. The van der Waals surface area contributed by atoms with Crippen molar-refractivity contribution in [3.8, 4) is 5.69 Å². The molecule has 0 spiro atoms. The summed E-state index contributed by atoms with van der Waals surface area (Å²) in [6.07, 6.45) is 1.53. The van der Waals surface area contributed by atoms with Gasteiger partial charge in [0.15, 0.2) is 0 Å². The third-order valence-corrected chi connectivity index (χ3v) is 5.16. The molecule has 1 fully saturated rings. The molecule has 2 aromatic carbocycles. The lowest BCUT2D eigenvalue weighted by Gasteiger charge is -2.16. The highest BCUT2D eigenvalue weighted by Crippen LogP contribution is 2.21. The van der Waals surface area contributed by atoms with E-state index >= 15 is 0 Å². The van der Waals surface area contributed by atoms with Crippen LogP contribution in [0, 0.1) is 13.8 Å². The Morgan fingerprint density at radius 2 is 1.72 bits per heavy atom. The van der Waals surface area contributed by atoms with Crippen molar-refractivity contribution < 1.29 is 9.59 Å². The molecule has 3 aromatic rings. The Labute approximate surface area is 170 Å². The number of aryl methyl sites for hydroxylation is 2. The quantitative estimate of drug-likeness (QED) is 0.727. The molecule has 29 heavy (non-hydrogen) atoms. The molecule has 6 nitrogen and oxygen atoms in total. The van der Waals surface area contributed by atoms with Crippen LogP contribution in [0.1, 0.15) is 40.2 Å². The van der Waals surface area contributed by atoms with Crippen LogP contribution in [0.2, 0.25) is 0 Å². The molecule has 2 amide bonds. The summed E-state index contributed by atoms with van der Waals surface area (Å²) in [6, 6.07) is 17.2. The zero-order chi connectivity index (χ0) is 20.4. The summed E-state index contributed by atoms with van der Waals surface area (Å²) in [5.74, 6) is 0.0543. The van der Waals surface area contributed by atoms with Crippen molar-refractivity contribution in [2.45, 2.75) is 33.2 Å². The summed E-state index contributed by atoms with van der Waals surface area (Å²) in [5, 5.41) is 7.41. The van der Waals surface area contributed by atoms with E-state index in [4.69, 9.17) is 0 Å². The molecule has 0 radical (unpaired) electrons. The Morgan fingerprint density at radius 3 is 2.31 bits per heavy atom. The van der Waals surface area contributed by atoms with E-state index in [9.17, 15) is 9.59 Å². The molecule has 1 saturated heterocycles. The molecule has 0 atom stereocenters. The molecule has 148 valence electrons. The van der Waals surface area contributed by atoms with Gasteiger partial charge < -0.3 is 10.2 Å². The lowest BCUT2D eigenvalue weighted by Crippen LogP contribution is -2.24. The zero-order valence-corrected chi connectivity index (χ0v) is 16.7. The highest BCUT2D eigenvalue weighted by molar-refractivity contribution is 5.95. The van der Waals surface area contributed by atoms with E-state index in [-0.39, 0.29) is 11.8 Å². The molecular weight excluding hydrogens is 364 g/mol. The van der Waals surface area contributed by atoms with E-state index in [1.54, 1.807) is 0 Å². The van der Waals surface area contributed by atoms with Gasteiger partial charge >= 0.3 is 0 Å². The Bertz CT molecular complexity index is 1040. The molecule has 6 heteroatoms. The van der Waals surface area contributed by atoms with E-state index in [2.05, 4.69) is 10.4 Å². The van der Waals surface area contributed by atoms with E-state index in [1.807, 2.05) is 78.0 Å². The van der Waals surface area contributed by atoms with Gasteiger partial charge in [-0.15, -0.1) is 0 Å². The van der Waals surface area contributed by atoms with Crippen LogP contribution in [0.15, 0.2) is 54.6 Å². The van der Waals surface area contributed by atoms with Crippen LogP contribution in [-0.2, 0) is 11.3 Å². The molecule has 1 aromatic heterocycles. The first-order valence-electron chi connectivity index (χ1n) is 9.82. The minimum absolute atomic E-state index is 0.122. The topological polar surface area (TPSA) is 67.2 Å². The van der Waals surface area contributed by atoms with Gasteiger partial charge in [0, 0.05) is 36.5 Å². The van der Waals surface area contributed by atoms with Gasteiger partial charge in [0.2, 0.25) is 5.91 Å². The maximum absolute atomic E-state index is 12.5. The fraction of sp³-hybridized carbons (Fsp3) is 0.261. The third-order valence-electron chi connectivity index (χ3n) is 5.16. The van der Waals surface area contributed by atoms with E-state index in [0.29, 0.717) is 18.5 Å². The van der Waals surface area contributed by atoms with Crippen LogP contribution in [-0.4, -0.2) is 28.1 Å². The predicted octanol–water partition coefficient (Wildman–Crippen LogP) is 3.55. The number of nitrogens with one attached hydrogen (secondary N) is 1. The zero-order valence-electron chi connectivity index (χ0n) is 16.7. The van der Waals surface area contributed by atoms with Crippen molar-refractivity contribution >= 4 is 17.5 Å². The van der Waals surface area contributed by atoms with E-state index in [0.717, 1.165) is 41.3 Å². The van der Waals surface area contributed by atoms with Crippen LogP contribution < -0.4 is 10.2 Å². The van der Waals surface area contributed by atoms with Gasteiger partial charge in [0.05, 0.1) is 11.4 Å². The fourth-order valence-electron chi connectivity index (χ4n) is 3.64. The molecule has 1 aliphatic rings. The summed E-state index contributed by atoms with van der Waals surface area (Å²) < 4.78 is 1.86. The Hall–Kier alpha value is -3.41. The average Bonchev–Trinajstić information content (AvgIpc) is 3.31.